The predicted octanol–water partition coefficient (Wildman–Crippen LogP) is 5.71. The number of ether oxygens (including phenoxy) is 3. The van der Waals surface area contributed by atoms with Gasteiger partial charge in [-0.05, 0) is 96.5 Å². The summed E-state index contributed by atoms with van der Waals surface area (Å²) in [6.45, 7) is 6.48. The molecule has 8 nitrogen and oxygen atoms in total. The van der Waals surface area contributed by atoms with E-state index in [1.165, 1.54) is 6.92 Å². The molecule has 0 bridgehead atoms. The molecule has 1 atom stereocenters. The summed E-state index contributed by atoms with van der Waals surface area (Å²) in [5, 5.41) is 31.7. The van der Waals surface area contributed by atoms with Gasteiger partial charge in [-0.15, -0.1) is 0 Å². The number of carbonyl (C=O) groups is 1. The van der Waals surface area contributed by atoms with Crippen LogP contribution in [-0.4, -0.2) is 41.5 Å². The number of nitriles is 1. The topological polar surface area (TPSA) is 121 Å². The van der Waals surface area contributed by atoms with Crippen molar-refractivity contribution in [2.24, 2.45) is 0 Å². The van der Waals surface area contributed by atoms with Crippen LogP contribution < -0.4 is 19.5 Å². The molecule has 5 rings (SSSR count). The van der Waals surface area contributed by atoms with Crippen molar-refractivity contribution in [3.63, 3.8) is 0 Å². The number of rotatable bonds is 11. The van der Waals surface area contributed by atoms with E-state index in [0.29, 0.717) is 30.9 Å². The SMILES string of the molecule is Cc1cc(Cc2cccc(-c3ccc4c(c3)OCCO4)c2C)cc(OCc2cccc(C#N)c2)c1CNC(C)(CO)C(=O)O. The van der Waals surface area contributed by atoms with Crippen molar-refractivity contribution in [2.45, 2.75) is 45.9 Å². The zero-order valence-electron chi connectivity index (χ0n) is 25.1. The molecule has 1 aliphatic heterocycles. The normalized spacial score (nSPS) is 13.5. The molecule has 0 amide bonds. The number of carboxylic acid groups (broad SMARTS) is 1. The van der Waals surface area contributed by atoms with Gasteiger partial charge in [0.1, 0.15) is 31.1 Å². The Labute approximate surface area is 257 Å². The largest absolute Gasteiger partial charge is 0.489 e. The maximum Gasteiger partial charge on any atom is 0.326 e. The van der Waals surface area contributed by atoms with E-state index >= 15 is 0 Å². The number of fused-ring (bicyclic) bond motifs is 1. The maximum absolute atomic E-state index is 11.8. The number of aliphatic hydroxyl groups excluding tert-OH is 1. The Kier molecular flexibility index (Phi) is 9.19. The summed E-state index contributed by atoms with van der Waals surface area (Å²) < 4.78 is 17.8. The second-order valence-corrected chi connectivity index (χ2v) is 11.3. The number of carboxylic acids is 1. The van der Waals surface area contributed by atoms with Crippen LogP contribution in [0.1, 0.15) is 45.9 Å². The summed E-state index contributed by atoms with van der Waals surface area (Å²) in [5.41, 5.74) is 7.15. The van der Waals surface area contributed by atoms with E-state index in [0.717, 1.165) is 56.0 Å². The second-order valence-electron chi connectivity index (χ2n) is 11.3. The predicted molar refractivity (Wildman–Crippen MR) is 167 cm³/mol. The summed E-state index contributed by atoms with van der Waals surface area (Å²) in [5.74, 6) is 0.980. The standard InChI is InChI=1S/C36H36N2O6/c1-23-14-27(16-28-8-5-9-30(24(28)2)29-10-11-32-34(18-29)43-13-12-42-32)17-33(31(23)20-38-36(3,22-39)35(40)41)44-21-26-7-4-6-25(15-26)19-37/h4-11,14-15,17-18,38-39H,12-13,16,20-22H2,1-3H3,(H,40,41). The van der Waals surface area contributed by atoms with E-state index < -0.39 is 18.1 Å². The molecule has 44 heavy (non-hydrogen) atoms. The number of hydrogen-bond donors (Lipinski definition) is 3. The Balaban J connectivity index is 1.45. The first kappa shape index (κ1) is 30.6. The van der Waals surface area contributed by atoms with Gasteiger partial charge in [-0.3, -0.25) is 10.1 Å². The molecule has 0 fully saturated rings. The third-order valence-electron chi connectivity index (χ3n) is 8.08. The van der Waals surface area contributed by atoms with Crippen molar-refractivity contribution < 1.29 is 29.2 Å². The number of hydrogen-bond acceptors (Lipinski definition) is 7. The molecule has 0 spiro atoms. The quantitative estimate of drug-likeness (QED) is 0.203. The molecular formula is C36H36N2O6. The monoisotopic (exact) mass is 592 g/mol. The van der Waals surface area contributed by atoms with Gasteiger partial charge in [0.25, 0.3) is 0 Å². The van der Waals surface area contributed by atoms with Crippen molar-refractivity contribution in [2.75, 3.05) is 19.8 Å². The molecule has 4 aromatic rings. The van der Waals surface area contributed by atoms with Gasteiger partial charge in [0.2, 0.25) is 0 Å². The molecule has 4 aromatic carbocycles. The number of nitrogens with one attached hydrogen (secondary N) is 1. The van der Waals surface area contributed by atoms with Crippen LogP contribution >= 0.6 is 0 Å². The average Bonchev–Trinajstić information content (AvgIpc) is 3.03. The molecule has 0 aliphatic carbocycles. The van der Waals surface area contributed by atoms with Crippen LogP contribution in [0.25, 0.3) is 11.1 Å². The van der Waals surface area contributed by atoms with E-state index in [9.17, 15) is 20.3 Å². The molecule has 1 heterocycles. The van der Waals surface area contributed by atoms with Gasteiger partial charge in [-0.2, -0.15) is 5.26 Å². The van der Waals surface area contributed by atoms with Gasteiger partial charge in [-0.25, -0.2) is 0 Å². The van der Waals surface area contributed by atoms with Gasteiger partial charge in [0.05, 0.1) is 18.2 Å². The summed E-state index contributed by atoms with van der Waals surface area (Å²) in [6, 6.07) is 25.8. The van der Waals surface area contributed by atoms with Gasteiger partial charge in [-0.1, -0.05) is 42.5 Å². The van der Waals surface area contributed by atoms with Crippen LogP contribution in [0, 0.1) is 25.2 Å². The minimum Gasteiger partial charge on any atom is -0.489 e. The lowest BCUT2D eigenvalue weighted by atomic mass is 9.91. The van der Waals surface area contributed by atoms with E-state index in [-0.39, 0.29) is 13.2 Å². The van der Waals surface area contributed by atoms with E-state index in [4.69, 9.17) is 14.2 Å². The van der Waals surface area contributed by atoms with Crippen LogP contribution in [-0.2, 0) is 24.4 Å². The fraction of sp³-hybridized carbons (Fsp3) is 0.278. The Hall–Kier alpha value is -4.84. The minimum absolute atomic E-state index is 0.182. The Morgan fingerprint density at radius 3 is 2.52 bits per heavy atom. The van der Waals surface area contributed by atoms with Crippen molar-refractivity contribution in [1.29, 1.82) is 5.26 Å². The Morgan fingerprint density at radius 2 is 1.77 bits per heavy atom. The molecule has 0 saturated carbocycles. The number of benzene rings is 4. The number of nitrogens with zero attached hydrogens (tertiary/aromatic N) is 1. The van der Waals surface area contributed by atoms with Gasteiger partial charge < -0.3 is 24.4 Å². The zero-order chi connectivity index (χ0) is 31.3. The van der Waals surface area contributed by atoms with Crippen molar-refractivity contribution in [3.8, 4) is 34.4 Å². The summed E-state index contributed by atoms with van der Waals surface area (Å²) >= 11 is 0. The third kappa shape index (κ3) is 6.70. The van der Waals surface area contributed by atoms with Crippen LogP contribution in [0.15, 0.2) is 72.8 Å². The highest BCUT2D eigenvalue weighted by atomic mass is 16.6. The highest BCUT2D eigenvalue weighted by Crippen LogP contribution is 2.37. The first-order valence-electron chi connectivity index (χ1n) is 14.5. The molecule has 1 unspecified atom stereocenters. The van der Waals surface area contributed by atoms with Gasteiger partial charge in [0, 0.05) is 12.1 Å². The van der Waals surface area contributed by atoms with Gasteiger partial charge in [0.15, 0.2) is 11.5 Å². The van der Waals surface area contributed by atoms with E-state index in [2.05, 4.69) is 48.6 Å². The fourth-order valence-electron chi connectivity index (χ4n) is 5.31. The molecule has 8 heteroatoms. The van der Waals surface area contributed by atoms with Crippen LogP contribution in [0.4, 0.5) is 0 Å². The number of aliphatic hydroxyl groups is 1. The molecule has 0 saturated heterocycles. The lowest BCUT2D eigenvalue weighted by Gasteiger charge is -2.25. The van der Waals surface area contributed by atoms with Crippen molar-refractivity contribution in [3.05, 3.63) is 112 Å². The van der Waals surface area contributed by atoms with Crippen molar-refractivity contribution >= 4 is 5.97 Å². The van der Waals surface area contributed by atoms with Crippen LogP contribution in [0.2, 0.25) is 0 Å². The van der Waals surface area contributed by atoms with Crippen molar-refractivity contribution in [1.82, 2.24) is 5.32 Å². The zero-order valence-corrected chi connectivity index (χ0v) is 25.1. The van der Waals surface area contributed by atoms with Crippen LogP contribution in [0.3, 0.4) is 0 Å². The molecule has 0 aromatic heterocycles. The number of aryl methyl sites for hydroxylation is 1. The lowest BCUT2D eigenvalue weighted by Crippen LogP contribution is -2.52. The highest BCUT2D eigenvalue weighted by Gasteiger charge is 2.32. The molecule has 0 radical (unpaired) electrons. The summed E-state index contributed by atoms with van der Waals surface area (Å²) in [4.78, 5) is 11.8. The molecule has 1 aliphatic rings. The molecule has 226 valence electrons. The highest BCUT2D eigenvalue weighted by molar-refractivity contribution is 5.78. The summed E-state index contributed by atoms with van der Waals surface area (Å²) in [6.07, 6.45) is 0.655. The minimum atomic E-state index is -1.51. The first-order valence-corrected chi connectivity index (χ1v) is 14.5. The Bertz CT molecular complexity index is 1730. The van der Waals surface area contributed by atoms with E-state index in [1.54, 1.807) is 12.1 Å². The second kappa shape index (κ2) is 13.2. The summed E-state index contributed by atoms with van der Waals surface area (Å²) in [7, 11) is 0. The lowest BCUT2D eigenvalue weighted by molar-refractivity contribution is -0.145. The van der Waals surface area contributed by atoms with Gasteiger partial charge >= 0.3 is 5.97 Å². The maximum atomic E-state index is 11.8. The third-order valence-corrected chi connectivity index (χ3v) is 8.08. The molecular weight excluding hydrogens is 556 g/mol. The van der Waals surface area contributed by atoms with E-state index in [1.807, 2.05) is 37.3 Å². The first-order chi connectivity index (χ1) is 21.2. The van der Waals surface area contributed by atoms with Crippen LogP contribution in [0.5, 0.6) is 17.2 Å². The molecule has 3 N–H and O–H groups in total. The average molecular weight is 593 g/mol. The number of aliphatic carboxylic acids is 1. The Morgan fingerprint density at radius 1 is 1.00 bits per heavy atom. The smallest absolute Gasteiger partial charge is 0.326 e. The fourth-order valence-corrected chi connectivity index (χ4v) is 5.31.